The topological polar surface area (TPSA) is 51.2 Å². The number of hydrogen-bond acceptors (Lipinski definition) is 7. The SMILES string of the molecule is COc1cccc(/C=C2/SC(=S)N(CCN3CCOCC3)C2=O)c1OC. The second-order valence-electron chi connectivity index (χ2n) is 5.87. The first-order valence-corrected chi connectivity index (χ1v) is 9.63. The lowest BCUT2D eigenvalue weighted by Gasteiger charge is -2.28. The summed E-state index contributed by atoms with van der Waals surface area (Å²) in [5.41, 5.74) is 0.792. The molecule has 1 amide bonds. The molecule has 1 aromatic rings. The fourth-order valence-electron chi connectivity index (χ4n) is 2.93. The fourth-order valence-corrected chi connectivity index (χ4v) is 4.23. The molecule has 0 atom stereocenters. The second-order valence-corrected chi connectivity index (χ2v) is 7.55. The number of hydrogen-bond donors (Lipinski definition) is 0. The summed E-state index contributed by atoms with van der Waals surface area (Å²) in [6.07, 6.45) is 1.81. The van der Waals surface area contributed by atoms with E-state index in [1.807, 2.05) is 24.3 Å². The Morgan fingerprint density at radius 2 is 2.00 bits per heavy atom. The third-order valence-corrected chi connectivity index (χ3v) is 5.71. The first-order valence-electron chi connectivity index (χ1n) is 8.40. The van der Waals surface area contributed by atoms with Crippen molar-refractivity contribution in [2.24, 2.45) is 0 Å². The Balaban J connectivity index is 1.73. The van der Waals surface area contributed by atoms with Gasteiger partial charge in [0.05, 0.1) is 32.3 Å². The van der Waals surface area contributed by atoms with Crippen molar-refractivity contribution in [1.82, 2.24) is 9.80 Å². The van der Waals surface area contributed by atoms with Gasteiger partial charge >= 0.3 is 0 Å². The van der Waals surface area contributed by atoms with E-state index in [4.69, 9.17) is 26.4 Å². The van der Waals surface area contributed by atoms with Gasteiger partial charge in [-0.1, -0.05) is 36.1 Å². The Bertz CT molecular complexity index is 717. The molecule has 0 spiro atoms. The van der Waals surface area contributed by atoms with Crippen molar-refractivity contribution >= 4 is 40.3 Å². The molecular weight excluding hydrogens is 372 g/mol. The van der Waals surface area contributed by atoms with Crippen molar-refractivity contribution in [3.63, 3.8) is 0 Å². The van der Waals surface area contributed by atoms with Crippen molar-refractivity contribution < 1.29 is 19.0 Å². The molecule has 0 saturated carbocycles. The maximum Gasteiger partial charge on any atom is 0.266 e. The minimum atomic E-state index is -0.0573. The number of amides is 1. The molecule has 1 aromatic carbocycles. The van der Waals surface area contributed by atoms with Gasteiger partial charge in [-0.15, -0.1) is 0 Å². The maximum atomic E-state index is 12.8. The average molecular weight is 395 g/mol. The van der Waals surface area contributed by atoms with Crippen LogP contribution in [0.2, 0.25) is 0 Å². The molecule has 6 nitrogen and oxygen atoms in total. The van der Waals surface area contributed by atoms with E-state index in [2.05, 4.69) is 4.90 Å². The van der Waals surface area contributed by atoms with Crippen LogP contribution in [0.4, 0.5) is 0 Å². The second kappa shape index (κ2) is 8.85. The Hall–Kier alpha value is -1.61. The zero-order valence-corrected chi connectivity index (χ0v) is 16.5. The van der Waals surface area contributed by atoms with Gasteiger partial charge in [-0.3, -0.25) is 14.6 Å². The summed E-state index contributed by atoms with van der Waals surface area (Å²) in [5.74, 6) is 1.18. The van der Waals surface area contributed by atoms with Crippen molar-refractivity contribution in [1.29, 1.82) is 0 Å². The average Bonchev–Trinajstić information content (AvgIpc) is 2.93. The largest absolute Gasteiger partial charge is 0.493 e. The van der Waals surface area contributed by atoms with Crippen molar-refractivity contribution in [2.75, 3.05) is 53.6 Å². The number of carbonyl (C=O) groups is 1. The van der Waals surface area contributed by atoms with Crippen LogP contribution < -0.4 is 9.47 Å². The summed E-state index contributed by atoms with van der Waals surface area (Å²) in [6, 6.07) is 5.58. The molecule has 3 rings (SSSR count). The molecule has 0 aliphatic carbocycles. The molecule has 2 aliphatic heterocycles. The predicted molar refractivity (Wildman–Crippen MR) is 107 cm³/mol. The highest BCUT2D eigenvalue weighted by Gasteiger charge is 2.32. The predicted octanol–water partition coefficient (Wildman–Crippen LogP) is 2.24. The quantitative estimate of drug-likeness (QED) is 0.542. The van der Waals surface area contributed by atoms with E-state index >= 15 is 0 Å². The minimum absolute atomic E-state index is 0.0573. The summed E-state index contributed by atoms with van der Waals surface area (Å²) in [7, 11) is 3.18. The highest BCUT2D eigenvalue weighted by molar-refractivity contribution is 8.26. The first-order chi connectivity index (χ1) is 12.6. The van der Waals surface area contributed by atoms with E-state index in [0.717, 1.165) is 38.4 Å². The molecule has 0 N–H and O–H groups in total. The molecule has 2 aliphatic rings. The smallest absolute Gasteiger partial charge is 0.266 e. The van der Waals surface area contributed by atoms with Crippen LogP contribution in [-0.2, 0) is 9.53 Å². The third-order valence-electron chi connectivity index (χ3n) is 4.34. The van der Waals surface area contributed by atoms with Gasteiger partial charge in [-0.25, -0.2) is 0 Å². The third kappa shape index (κ3) is 4.20. The number of carbonyl (C=O) groups excluding carboxylic acids is 1. The molecule has 2 heterocycles. The number of para-hydroxylation sites is 1. The van der Waals surface area contributed by atoms with Gasteiger partial charge in [-0.05, 0) is 12.1 Å². The van der Waals surface area contributed by atoms with E-state index < -0.39 is 0 Å². The minimum Gasteiger partial charge on any atom is -0.493 e. The highest BCUT2D eigenvalue weighted by Crippen LogP contribution is 2.37. The molecule has 140 valence electrons. The van der Waals surface area contributed by atoms with E-state index in [9.17, 15) is 4.79 Å². The van der Waals surface area contributed by atoms with Crippen molar-refractivity contribution in [3.8, 4) is 11.5 Å². The number of nitrogens with zero attached hydrogens (tertiary/aromatic N) is 2. The summed E-state index contributed by atoms with van der Waals surface area (Å²) in [5, 5.41) is 0. The first kappa shape index (κ1) is 19.2. The number of morpholine rings is 1. The molecule has 0 aromatic heterocycles. The van der Waals surface area contributed by atoms with E-state index in [0.29, 0.717) is 27.3 Å². The molecule has 0 unspecified atom stereocenters. The summed E-state index contributed by atoms with van der Waals surface area (Å²) in [6.45, 7) is 4.67. The number of ether oxygens (including phenoxy) is 3. The summed E-state index contributed by atoms with van der Waals surface area (Å²) >= 11 is 6.74. The zero-order chi connectivity index (χ0) is 18.5. The van der Waals surface area contributed by atoms with Crippen LogP contribution in [0.3, 0.4) is 0 Å². The highest BCUT2D eigenvalue weighted by atomic mass is 32.2. The van der Waals surface area contributed by atoms with Crippen LogP contribution in [0, 0.1) is 0 Å². The van der Waals surface area contributed by atoms with Gasteiger partial charge < -0.3 is 14.2 Å². The van der Waals surface area contributed by atoms with Gasteiger partial charge in [0.1, 0.15) is 4.32 Å². The van der Waals surface area contributed by atoms with E-state index in [-0.39, 0.29) is 5.91 Å². The molecule has 26 heavy (non-hydrogen) atoms. The molecule has 0 radical (unpaired) electrons. The number of thioether (sulfide) groups is 1. The molecule has 0 bridgehead atoms. The Kier molecular flexibility index (Phi) is 6.53. The fraction of sp³-hybridized carbons (Fsp3) is 0.444. The number of methoxy groups -OCH3 is 2. The van der Waals surface area contributed by atoms with Gasteiger partial charge in [0.15, 0.2) is 11.5 Å². The number of benzene rings is 1. The summed E-state index contributed by atoms with van der Waals surface area (Å²) in [4.78, 5) is 17.3. The number of thiocarbonyl (C=S) groups is 1. The van der Waals surface area contributed by atoms with Gasteiger partial charge in [0.25, 0.3) is 5.91 Å². The number of rotatable bonds is 6. The van der Waals surface area contributed by atoms with Crippen LogP contribution in [0.25, 0.3) is 6.08 Å². The van der Waals surface area contributed by atoms with Crippen LogP contribution in [0.5, 0.6) is 11.5 Å². The van der Waals surface area contributed by atoms with Crippen LogP contribution in [0.1, 0.15) is 5.56 Å². The molecule has 8 heteroatoms. The summed E-state index contributed by atoms with van der Waals surface area (Å²) < 4.78 is 16.7. The monoisotopic (exact) mass is 394 g/mol. The lowest BCUT2D eigenvalue weighted by atomic mass is 10.1. The Morgan fingerprint density at radius 1 is 1.23 bits per heavy atom. The lowest BCUT2D eigenvalue weighted by Crippen LogP contribution is -2.42. The van der Waals surface area contributed by atoms with Crippen LogP contribution in [-0.4, -0.2) is 73.6 Å². The zero-order valence-electron chi connectivity index (χ0n) is 14.9. The normalized spacial score (nSPS) is 20.1. The van der Waals surface area contributed by atoms with Crippen molar-refractivity contribution in [3.05, 3.63) is 28.7 Å². The lowest BCUT2D eigenvalue weighted by molar-refractivity contribution is -0.122. The molecule has 2 saturated heterocycles. The molecular formula is C18H22N2O4S2. The maximum absolute atomic E-state index is 12.8. The van der Waals surface area contributed by atoms with Gasteiger partial charge in [0, 0.05) is 31.7 Å². The molecule has 2 fully saturated rings. The Labute approximate surface area is 163 Å². The Morgan fingerprint density at radius 3 is 2.69 bits per heavy atom. The van der Waals surface area contributed by atoms with Gasteiger partial charge in [0.2, 0.25) is 0 Å². The van der Waals surface area contributed by atoms with Crippen LogP contribution in [0.15, 0.2) is 23.1 Å². The standard InChI is InChI=1S/C18H22N2O4S2/c1-22-14-5-3-4-13(16(14)23-2)12-15-17(21)20(18(25)26-15)7-6-19-8-10-24-11-9-19/h3-5,12H,6-11H2,1-2H3/b15-12+. The van der Waals surface area contributed by atoms with Gasteiger partial charge in [-0.2, -0.15) is 0 Å². The van der Waals surface area contributed by atoms with Crippen molar-refractivity contribution in [2.45, 2.75) is 0 Å². The van der Waals surface area contributed by atoms with Crippen LogP contribution >= 0.6 is 24.0 Å². The van der Waals surface area contributed by atoms with E-state index in [1.165, 1.54) is 11.8 Å². The van der Waals surface area contributed by atoms with E-state index in [1.54, 1.807) is 19.1 Å².